The number of rotatable bonds is 8. The van der Waals surface area contributed by atoms with Crippen LogP contribution in [0.1, 0.15) is 49.7 Å². The van der Waals surface area contributed by atoms with Gasteiger partial charge in [0.2, 0.25) is 0 Å². The van der Waals surface area contributed by atoms with Gasteiger partial charge in [-0.05, 0) is 85.0 Å². The summed E-state index contributed by atoms with van der Waals surface area (Å²) in [4.78, 5) is 4.87. The molecule has 1 heterocycles. The topological polar surface area (TPSA) is 35.9 Å². The Balaban J connectivity index is 0.954. The van der Waals surface area contributed by atoms with E-state index in [9.17, 15) is 5.11 Å². The molecule has 0 amide bonds. The van der Waals surface area contributed by atoms with Gasteiger partial charge in [0.05, 0.1) is 0 Å². The molecule has 4 bridgehead atoms. The SMILES string of the molecule is OC(COc1ccc(C23CC4CC(CC(C4)C2)C3)cc1)CN1CCN(Cc2ccccc2)CC1. The number of aliphatic hydroxyl groups excluding tert-OH is 1. The van der Waals surface area contributed by atoms with E-state index in [2.05, 4.69) is 64.4 Å². The summed E-state index contributed by atoms with van der Waals surface area (Å²) in [6.45, 7) is 6.17. The van der Waals surface area contributed by atoms with E-state index in [1.807, 2.05) is 0 Å². The van der Waals surface area contributed by atoms with E-state index in [1.165, 1.54) is 49.7 Å². The molecule has 0 spiro atoms. The van der Waals surface area contributed by atoms with Gasteiger partial charge in [-0.1, -0.05) is 42.5 Å². The van der Waals surface area contributed by atoms with Crippen molar-refractivity contribution in [2.45, 2.75) is 56.6 Å². The average Bonchev–Trinajstić information content (AvgIpc) is 2.84. The van der Waals surface area contributed by atoms with E-state index in [0.717, 1.165) is 56.2 Å². The quantitative estimate of drug-likeness (QED) is 0.619. The molecule has 7 rings (SSSR count). The molecule has 1 unspecified atom stereocenters. The van der Waals surface area contributed by atoms with Crippen molar-refractivity contribution in [2.24, 2.45) is 17.8 Å². The van der Waals surface area contributed by atoms with Crippen molar-refractivity contribution in [1.29, 1.82) is 0 Å². The van der Waals surface area contributed by atoms with E-state index in [-0.39, 0.29) is 0 Å². The zero-order valence-electron chi connectivity index (χ0n) is 20.4. The summed E-state index contributed by atoms with van der Waals surface area (Å²) in [7, 11) is 0. The van der Waals surface area contributed by atoms with Crippen molar-refractivity contribution in [3.63, 3.8) is 0 Å². The molecule has 1 saturated heterocycles. The molecular weight excluding hydrogens is 420 g/mol. The summed E-state index contributed by atoms with van der Waals surface area (Å²) >= 11 is 0. The summed E-state index contributed by atoms with van der Waals surface area (Å²) < 4.78 is 6.00. The van der Waals surface area contributed by atoms with E-state index in [4.69, 9.17) is 4.74 Å². The Hall–Kier alpha value is -1.88. The maximum Gasteiger partial charge on any atom is 0.119 e. The van der Waals surface area contributed by atoms with Crippen molar-refractivity contribution in [2.75, 3.05) is 39.3 Å². The van der Waals surface area contributed by atoms with Crippen LogP contribution in [0.3, 0.4) is 0 Å². The number of hydrogen-bond donors (Lipinski definition) is 1. The Kier molecular flexibility index (Phi) is 6.40. The fraction of sp³-hybridized carbons (Fsp3) is 0.600. The minimum atomic E-state index is -0.455. The van der Waals surface area contributed by atoms with Crippen LogP contribution in [-0.2, 0) is 12.0 Å². The molecule has 4 saturated carbocycles. The second-order valence-electron chi connectivity index (χ2n) is 11.7. The molecule has 4 heteroatoms. The molecule has 0 radical (unpaired) electrons. The largest absolute Gasteiger partial charge is 0.491 e. The minimum absolute atomic E-state index is 0.362. The van der Waals surface area contributed by atoms with Crippen molar-refractivity contribution < 1.29 is 9.84 Å². The van der Waals surface area contributed by atoms with Gasteiger partial charge in [-0.25, -0.2) is 0 Å². The van der Waals surface area contributed by atoms with E-state index >= 15 is 0 Å². The predicted molar refractivity (Wildman–Crippen MR) is 136 cm³/mol. The number of aliphatic hydroxyl groups is 1. The van der Waals surface area contributed by atoms with Crippen LogP contribution in [0.25, 0.3) is 0 Å². The van der Waals surface area contributed by atoms with Gasteiger partial charge >= 0.3 is 0 Å². The number of β-amino-alcohol motifs (C(OH)–C–C–N with tert-alkyl or cyclic N) is 1. The zero-order valence-corrected chi connectivity index (χ0v) is 20.4. The van der Waals surface area contributed by atoms with Crippen LogP contribution in [0.2, 0.25) is 0 Å². The summed E-state index contributed by atoms with van der Waals surface area (Å²) in [5.74, 6) is 3.80. The fourth-order valence-electron chi connectivity index (χ4n) is 7.88. The molecule has 5 fully saturated rings. The molecule has 2 aromatic carbocycles. The summed E-state index contributed by atoms with van der Waals surface area (Å²) in [6.07, 6.45) is 8.20. The molecule has 4 aliphatic carbocycles. The second-order valence-corrected chi connectivity index (χ2v) is 11.7. The maximum absolute atomic E-state index is 10.6. The first-order valence-corrected chi connectivity index (χ1v) is 13.5. The summed E-state index contributed by atoms with van der Waals surface area (Å²) in [5.41, 5.74) is 3.35. The normalized spacial score (nSPS) is 32.1. The molecular formula is C30H40N2O2. The van der Waals surface area contributed by atoms with Crippen molar-refractivity contribution in [3.8, 4) is 5.75 Å². The van der Waals surface area contributed by atoms with Gasteiger partial charge in [0.25, 0.3) is 0 Å². The molecule has 2 aromatic rings. The standard InChI is InChI=1S/C30H40N2O2/c33-28(21-32-12-10-31(11-13-32)20-23-4-2-1-3-5-23)22-34-29-8-6-27(7-9-29)30-17-24-14-25(18-30)16-26(15-24)19-30/h1-9,24-26,28,33H,10-22H2. The number of piperazine rings is 1. The first-order valence-electron chi connectivity index (χ1n) is 13.5. The Bertz CT molecular complexity index is 901. The Morgan fingerprint density at radius 1 is 0.794 bits per heavy atom. The lowest BCUT2D eigenvalue weighted by Gasteiger charge is -2.57. The number of benzene rings is 2. The zero-order chi connectivity index (χ0) is 23.0. The summed E-state index contributed by atoms with van der Waals surface area (Å²) in [5, 5.41) is 10.6. The molecule has 1 aliphatic heterocycles. The second kappa shape index (κ2) is 9.64. The van der Waals surface area contributed by atoms with Gasteiger partial charge in [0.1, 0.15) is 18.5 Å². The first kappa shape index (κ1) is 22.6. The van der Waals surface area contributed by atoms with Gasteiger partial charge in [-0.15, -0.1) is 0 Å². The van der Waals surface area contributed by atoms with Crippen LogP contribution < -0.4 is 4.74 Å². The Labute approximate surface area is 204 Å². The van der Waals surface area contributed by atoms with Crippen LogP contribution in [0.15, 0.2) is 54.6 Å². The van der Waals surface area contributed by atoms with Gasteiger partial charge in [-0.2, -0.15) is 0 Å². The number of nitrogens with zero attached hydrogens (tertiary/aromatic N) is 2. The molecule has 1 N–H and O–H groups in total. The molecule has 34 heavy (non-hydrogen) atoms. The highest BCUT2D eigenvalue weighted by molar-refractivity contribution is 5.34. The van der Waals surface area contributed by atoms with Gasteiger partial charge in [0.15, 0.2) is 0 Å². The lowest BCUT2D eigenvalue weighted by molar-refractivity contribution is -0.00522. The lowest BCUT2D eigenvalue weighted by atomic mass is 9.48. The third-order valence-corrected chi connectivity index (χ3v) is 9.13. The van der Waals surface area contributed by atoms with Gasteiger partial charge < -0.3 is 9.84 Å². The Morgan fingerprint density at radius 3 is 2.00 bits per heavy atom. The van der Waals surface area contributed by atoms with Crippen LogP contribution >= 0.6 is 0 Å². The van der Waals surface area contributed by atoms with Gasteiger partial charge in [0, 0.05) is 39.3 Å². The minimum Gasteiger partial charge on any atom is -0.491 e. The van der Waals surface area contributed by atoms with Crippen molar-refractivity contribution in [3.05, 3.63) is 65.7 Å². The molecule has 0 aromatic heterocycles. The van der Waals surface area contributed by atoms with E-state index in [1.54, 1.807) is 0 Å². The van der Waals surface area contributed by atoms with Crippen molar-refractivity contribution >= 4 is 0 Å². The predicted octanol–water partition coefficient (Wildman–Crippen LogP) is 4.71. The lowest BCUT2D eigenvalue weighted by Crippen LogP contribution is -2.48. The maximum atomic E-state index is 10.6. The van der Waals surface area contributed by atoms with Crippen LogP contribution in [0, 0.1) is 17.8 Å². The number of ether oxygens (including phenoxy) is 1. The van der Waals surface area contributed by atoms with Crippen LogP contribution in [0.5, 0.6) is 5.75 Å². The first-order chi connectivity index (χ1) is 16.6. The molecule has 5 aliphatic rings. The van der Waals surface area contributed by atoms with Crippen molar-refractivity contribution in [1.82, 2.24) is 9.80 Å². The van der Waals surface area contributed by atoms with Gasteiger partial charge in [-0.3, -0.25) is 9.80 Å². The van der Waals surface area contributed by atoms with E-state index in [0.29, 0.717) is 18.6 Å². The highest BCUT2D eigenvalue weighted by atomic mass is 16.5. The number of hydrogen-bond acceptors (Lipinski definition) is 4. The van der Waals surface area contributed by atoms with Crippen LogP contribution in [0.4, 0.5) is 0 Å². The van der Waals surface area contributed by atoms with Crippen LogP contribution in [-0.4, -0.2) is 60.3 Å². The monoisotopic (exact) mass is 460 g/mol. The highest BCUT2D eigenvalue weighted by Crippen LogP contribution is 2.60. The fourth-order valence-corrected chi connectivity index (χ4v) is 7.88. The molecule has 182 valence electrons. The third-order valence-electron chi connectivity index (χ3n) is 9.13. The smallest absolute Gasteiger partial charge is 0.119 e. The Morgan fingerprint density at radius 2 is 1.38 bits per heavy atom. The average molecular weight is 461 g/mol. The molecule has 1 atom stereocenters. The highest BCUT2D eigenvalue weighted by Gasteiger charge is 2.51. The third kappa shape index (κ3) is 4.91. The molecule has 4 nitrogen and oxygen atoms in total. The van der Waals surface area contributed by atoms with E-state index < -0.39 is 6.10 Å². The summed E-state index contributed by atoms with van der Waals surface area (Å²) in [6, 6.07) is 19.6.